The predicted molar refractivity (Wildman–Crippen MR) is 211 cm³/mol. The number of allylic oxidation sites excluding steroid dienone is 4. The van der Waals surface area contributed by atoms with Crippen LogP contribution in [0.15, 0.2) is 115 Å². The first kappa shape index (κ1) is 35.5. The Morgan fingerprint density at radius 2 is 1.10 bits per heavy atom. The van der Waals surface area contributed by atoms with Crippen molar-refractivity contribution >= 4 is 34.3 Å². The molecule has 4 aromatic rings. The summed E-state index contributed by atoms with van der Waals surface area (Å²) in [6.45, 7) is 15.4. The standard InChI is InChI=1S/C46H49N3O2/c1-45(2,3)37-17-21-39(22-18-37)48-27-9-12-34-29-32(15-25-42(34)48)41(14-8-7-11-36(31-47)44(50)51)33-16-26-43-35(30-33)13-10-28-49(43)40-23-19-38(20-24-40)46(4,5)6/h7-8,11,14-26,29-30H,9-10,12-13,27-28H2,1-6H3,(H,50,51)/b8-7+,36-11+. The summed E-state index contributed by atoms with van der Waals surface area (Å²) in [5, 5.41) is 18.6. The van der Waals surface area contributed by atoms with Crippen LogP contribution in [-0.2, 0) is 28.5 Å². The molecule has 51 heavy (non-hydrogen) atoms. The molecule has 0 atom stereocenters. The SMILES string of the molecule is CC(C)(C)c1ccc(N2CCCc3cc(C(=C/C=C/C=C(\C#N)C(=O)O)c4ccc5c(c4)CCCN5c4ccc(C(C)(C)C)cc4)ccc32)cc1. The molecule has 4 aromatic carbocycles. The van der Waals surface area contributed by atoms with Crippen LogP contribution in [0.1, 0.15) is 87.8 Å². The highest BCUT2D eigenvalue weighted by atomic mass is 16.4. The lowest BCUT2D eigenvalue weighted by Crippen LogP contribution is -2.25. The quantitative estimate of drug-likeness (QED) is 0.120. The third-order valence-electron chi connectivity index (χ3n) is 10.1. The van der Waals surface area contributed by atoms with Crippen LogP contribution in [0.25, 0.3) is 5.57 Å². The van der Waals surface area contributed by atoms with Crippen LogP contribution in [-0.4, -0.2) is 24.2 Å². The van der Waals surface area contributed by atoms with Gasteiger partial charge in [0.25, 0.3) is 0 Å². The molecule has 0 spiro atoms. The van der Waals surface area contributed by atoms with Crippen molar-refractivity contribution in [3.05, 3.63) is 148 Å². The Balaban J connectivity index is 1.37. The predicted octanol–water partition coefficient (Wildman–Crippen LogP) is 11.0. The summed E-state index contributed by atoms with van der Waals surface area (Å²) in [5.74, 6) is -1.23. The normalized spacial score (nSPS) is 14.9. The van der Waals surface area contributed by atoms with Gasteiger partial charge < -0.3 is 14.9 Å². The van der Waals surface area contributed by atoms with Gasteiger partial charge in [0.2, 0.25) is 0 Å². The lowest BCUT2D eigenvalue weighted by Gasteiger charge is -2.33. The van der Waals surface area contributed by atoms with E-state index >= 15 is 0 Å². The summed E-state index contributed by atoms with van der Waals surface area (Å²) < 4.78 is 0. The van der Waals surface area contributed by atoms with E-state index < -0.39 is 5.97 Å². The summed E-state index contributed by atoms with van der Waals surface area (Å²) in [4.78, 5) is 16.3. The van der Waals surface area contributed by atoms with E-state index in [1.54, 1.807) is 12.1 Å². The molecule has 0 amide bonds. The first-order chi connectivity index (χ1) is 24.3. The van der Waals surface area contributed by atoms with Gasteiger partial charge in [0, 0.05) is 35.8 Å². The van der Waals surface area contributed by atoms with Gasteiger partial charge in [-0.05, 0) is 130 Å². The maximum absolute atomic E-state index is 11.4. The molecule has 0 aliphatic carbocycles. The Morgan fingerprint density at radius 3 is 1.49 bits per heavy atom. The topological polar surface area (TPSA) is 67.6 Å². The first-order valence-corrected chi connectivity index (χ1v) is 18.1. The zero-order chi connectivity index (χ0) is 36.3. The number of carboxylic acids is 1. The van der Waals surface area contributed by atoms with Crippen molar-refractivity contribution in [1.29, 1.82) is 5.26 Å². The fourth-order valence-corrected chi connectivity index (χ4v) is 7.17. The largest absolute Gasteiger partial charge is 0.477 e. The monoisotopic (exact) mass is 675 g/mol. The van der Waals surface area contributed by atoms with Gasteiger partial charge in [-0.3, -0.25) is 0 Å². The number of hydrogen-bond acceptors (Lipinski definition) is 4. The van der Waals surface area contributed by atoms with Gasteiger partial charge in [-0.1, -0.05) is 96.2 Å². The number of fused-ring (bicyclic) bond motifs is 2. The fraction of sp³-hybridized carbons (Fsp3) is 0.304. The van der Waals surface area contributed by atoms with Crippen LogP contribution in [0.3, 0.4) is 0 Å². The van der Waals surface area contributed by atoms with Crippen LogP contribution in [0, 0.1) is 11.3 Å². The molecule has 2 aliphatic rings. The number of aryl methyl sites for hydroxylation is 2. The molecule has 260 valence electrons. The average Bonchev–Trinajstić information content (AvgIpc) is 3.11. The Labute approximate surface area is 303 Å². The highest BCUT2D eigenvalue weighted by molar-refractivity contribution is 5.91. The number of anilines is 4. The molecule has 2 heterocycles. The minimum atomic E-state index is -1.23. The van der Waals surface area contributed by atoms with Crippen molar-refractivity contribution in [2.75, 3.05) is 22.9 Å². The molecule has 0 bridgehead atoms. The summed E-state index contributed by atoms with van der Waals surface area (Å²) in [6.07, 6.45) is 11.0. The minimum absolute atomic E-state index is 0.108. The number of rotatable bonds is 7. The van der Waals surface area contributed by atoms with Crippen LogP contribution in [0.5, 0.6) is 0 Å². The van der Waals surface area contributed by atoms with E-state index in [9.17, 15) is 15.2 Å². The van der Waals surface area contributed by atoms with Crippen molar-refractivity contribution in [2.24, 2.45) is 0 Å². The van der Waals surface area contributed by atoms with E-state index in [4.69, 9.17) is 0 Å². The molecule has 6 rings (SSSR count). The molecule has 5 heteroatoms. The van der Waals surface area contributed by atoms with Gasteiger partial charge in [0.05, 0.1) is 0 Å². The molecule has 1 N–H and O–H groups in total. The number of benzene rings is 4. The Morgan fingerprint density at radius 1 is 0.667 bits per heavy atom. The molecular formula is C46H49N3O2. The number of nitriles is 1. The number of nitrogens with zero attached hydrogens (tertiary/aromatic N) is 3. The van der Waals surface area contributed by atoms with Gasteiger partial charge in [-0.15, -0.1) is 0 Å². The summed E-state index contributed by atoms with van der Waals surface area (Å²) in [6, 6.07) is 33.3. The van der Waals surface area contributed by atoms with E-state index in [0.717, 1.165) is 55.5 Å². The Hall–Kier alpha value is -5.34. The second-order valence-corrected chi connectivity index (χ2v) is 15.8. The van der Waals surface area contributed by atoms with Crippen LogP contribution < -0.4 is 9.80 Å². The smallest absolute Gasteiger partial charge is 0.346 e. The molecule has 0 radical (unpaired) electrons. The highest BCUT2D eigenvalue weighted by Crippen LogP contribution is 2.40. The van der Waals surface area contributed by atoms with Crippen LogP contribution in [0.2, 0.25) is 0 Å². The van der Waals surface area contributed by atoms with Gasteiger partial charge >= 0.3 is 5.97 Å². The molecule has 0 saturated heterocycles. The van der Waals surface area contributed by atoms with Crippen LogP contribution >= 0.6 is 0 Å². The molecule has 0 aromatic heterocycles. The Kier molecular flexibility index (Phi) is 10.1. The van der Waals surface area contributed by atoms with Gasteiger partial charge in [-0.2, -0.15) is 5.26 Å². The lowest BCUT2D eigenvalue weighted by atomic mass is 9.87. The second-order valence-electron chi connectivity index (χ2n) is 15.8. The van der Waals surface area contributed by atoms with Gasteiger partial charge in [-0.25, -0.2) is 4.79 Å². The zero-order valence-electron chi connectivity index (χ0n) is 30.8. The first-order valence-electron chi connectivity index (χ1n) is 18.1. The summed E-state index contributed by atoms with van der Waals surface area (Å²) in [7, 11) is 0. The maximum atomic E-state index is 11.4. The second kappa shape index (κ2) is 14.5. The van der Waals surface area contributed by atoms with Crippen molar-refractivity contribution in [1.82, 2.24) is 0 Å². The number of hydrogen-bond donors (Lipinski definition) is 1. The third kappa shape index (κ3) is 7.86. The maximum Gasteiger partial charge on any atom is 0.346 e. The van der Waals surface area contributed by atoms with Crippen molar-refractivity contribution in [3.63, 3.8) is 0 Å². The van der Waals surface area contributed by atoms with Gasteiger partial charge in [0.1, 0.15) is 11.6 Å². The molecule has 2 aliphatic heterocycles. The number of aliphatic carboxylic acids is 1. The van der Waals surface area contributed by atoms with E-state index in [2.05, 4.69) is 136 Å². The third-order valence-corrected chi connectivity index (χ3v) is 10.1. The molecule has 0 saturated carbocycles. The van der Waals surface area contributed by atoms with Crippen molar-refractivity contribution < 1.29 is 9.90 Å². The average molecular weight is 676 g/mol. The van der Waals surface area contributed by atoms with E-state index in [1.165, 1.54) is 51.1 Å². The molecule has 0 fully saturated rings. The Bertz CT molecular complexity index is 1930. The van der Waals surface area contributed by atoms with Crippen LogP contribution in [0.4, 0.5) is 22.7 Å². The van der Waals surface area contributed by atoms with Crippen molar-refractivity contribution in [2.45, 2.75) is 78.1 Å². The van der Waals surface area contributed by atoms with Crippen molar-refractivity contribution in [3.8, 4) is 6.07 Å². The number of carboxylic acid groups (broad SMARTS) is 1. The fourth-order valence-electron chi connectivity index (χ4n) is 7.17. The lowest BCUT2D eigenvalue weighted by molar-refractivity contribution is -0.132. The van der Waals surface area contributed by atoms with E-state index in [0.29, 0.717) is 0 Å². The summed E-state index contributed by atoms with van der Waals surface area (Å²) >= 11 is 0. The van der Waals surface area contributed by atoms with E-state index in [1.807, 2.05) is 12.2 Å². The molecular weight excluding hydrogens is 627 g/mol. The number of carbonyl (C=O) groups is 1. The summed E-state index contributed by atoms with van der Waals surface area (Å²) in [5.41, 5.74) is 13.4. The molecule has 5 nitrogen and oxygen atoms in total. The highest BCUT2D eigenvalue weighted by Gasteiger charge is 2.23. The molecule has 0 unspecified atom stereocenters. The minimum Gasteiger partial charge on any atom is -0.477 e. The zero-order valence-corrected chi connectivity index (χ0v) is 30.8. The van der Waals surface area contributed by atoms with Gasteiger partial charge in [0.15, 0.2) is 0 Å². The van der Waals surface area contributed by atoms with E-state index in [-0.39, 0.29) is 16.4 Å².